The fourth-order valence-corrected chi connectivity index (χ4v) is 7.24. The highest BCUT2D eigenvalue weighted by molar-refractivity contribution is 6.32. The molecule has 0 unspecified atom stereocenters. The van der Waals surface area contributed by atoms with Crippen LogP contribution < -0.4 is 28.4 Å². The molecular weight excluding hydrogens is 1110 g/mol. The van der Waals surface area contributed by atoms with Gasteiger partial charge in [-0.15, -0.1) is 0 Å². The molecule has 11 heteroatoms. The van der Waals surface area contributed by atoms with E-state index in [2.05, 4.69) is 211 Å². The molecule has 3 aromatic heterocycles. The molecule has 0 N–H and O–H groups in total. The van der Waals surface area contributed by atoms with Gasteiger partial charge in [0, 0.05) is 42.5 Å². The molecule has 0 amide bonds. The smallest absolute Gasteiger partial charge is 0.213 e. The van der Waals surface area contributed by atoms with E-state index in [1.54, 1.807) is 12.1 Å². The van der Waals surface area contributed by atoms with Crippen molar-refractivity contribution in [3.63, 3.8) is 0 Å². The van der Waals surface area contributed by atoms with E-state index in [-0.39, 0.29) is 17.2 Å². The summed E-state index contributed by atoms with van der Waals surface area (Å²) in [5.41, 5.74) is 7.09. The highest BCUT2D eigenvalue weighted by Crippen LogP contribution is 2.30. The van der Waals surface area contributed by atoms with Crippen molar-refractivity contribution in [2.24, 2.45) is 35.0 Å². The lowest BCUT2D eigenvalue weighted by molar-refractivity contribution is 0.191. The van der Waals surface area contributed by atoms with Crippen molar-refractivity contribution in [1.29, 1.82) is 0 Å². The number of pyridine rings is 3. The Morgan fingerprint density at radius 3 is 1.24 bits per heavy atom. The second-order valence-electron chi connectivity index (χ2n) is 27.5. The van der Waals surface area contributed by atoms with Crippen molar-refractivity contribution in [2.75, 3.05) is 39.6 Å². The van der Waals surface area contributed by atoms with Gasteiger partial charge in [-0.3, -0.25) is 4.98 Å². The monoisotopic (exact) mass is 1220 g/mol. The SMILES string of the molecule is CC(C)COc1cc(C(C)C)ccc1Cl.CC(C)COc1ccc(C(C)C)cn1.CC(C)COc1ccc(F)c(C(C)C)c1.CC(C)COc1cccc(C(C)C)c1.CC(C)COc1ccnc(C(C)C)c1.CC(C)c1ccc(OCC(C)(C)C)nc1. The van der Waals surface area contributed by atoms with Crippen LogP contribution in [0.3, 0.4) is 0 Å². The molecule has 6 rings (SSSR count). The maximum absolute atomic E-state index is 13.4. The third-order valence-electron chi connectivity index (χ3n) is 12.5. The third kappa shape index (κ3) is 36.9. The first-order valence-electron chi connectivity index (χ1n) is 32.0. The molecule has 0 bridgehead atoms. The summed E-state index contributed by atoms with van der Waals surface area (Å²) in [6.07, 6.45) is 5.59. The number of halogens is 2. The Bertz CT molecular complexity index is 2670. The normalized spacial score (nSPS) is 11.2. The number of rotatable bonds is 23. The van der Waals surface area contributed by atoms with E-state index >= 15 is 0 Å². The fourth-order valence-electron chi connectivity index (χ4n) is 7.07. The van der Waals surface area contributed by atoms with Crippen LogP contribution in [0.15, 0.2) is 116 Å². The molecule has 486 valence electrons. The molecule has 87 heavy (non-hydrogen) atoms. The molecule has 0 fully saturated rings. The lowest BCUT2D eigenvalue weighted by Gasteiger charge is -2.18. The molecule has 0 aliphatic heterocycles. The topological polar surface area (TPSA) is 94.1 Å². The average molecular weight is 1220 g/mol. The Balaban J connectivity index is 0.000000522. The molecule has 9 nitrogen and oxygen atoms in total. The van der Waals surface area contributed by atoms with E-state index in [1.165, 1.54) is 28.3 Å². The quantitative estimate of drug-likeness (QED) is 0.0622. The molecule has 3 aromatic carbocycles. The van der Waals surface area contributed by atoms with Crippen molar-refractivity contribution in [1.82, 2.24) is 15.0 Å². The van der Waals surface area contributed by atoms with Gasteiger partial charge in [0.25, 0.3) is 0 Å². The molecule has 0 aliphatic rings. The van der Waals surface area contributed by atoms with E-state index in [1.807, 2.05) is 74.9 Å². The van der Waals surface area contributed by atoms with Crippen molar-refractivity contribution in [3.05, 3.63) is 160 Å². The second-order valence-corrected chi connectivity index (χ2v) is 27.9. The minimum Gasteiger partial charge on any atom is -0.493 e. The zero-order valence-electron chi connectivity index (χ0n) is 58.6. The van der Waals surface area contributed by atoms with Crippen LogP contribution in [0.2, 0.25) is 5.02 Å². The summed E-state index contributed by atoms with van der Waals surface area (Å²) in [5, 5.41) is 0.694. The molecule has 0 radical (unpaired) electrons. The summed E-state index contributed by atoms with van der Waals surface area (Å²) in [4.78, 5) is 12.8. The van der Waals surface area contributed by atoms with Crippen LogP contribution in [0.1, 0.15) is 242 Å². The van der Waals surface area contributed by atoms with E-state index in [0.717, 1.165) is 60.0 Å². The Labute approximate surface area is 534 Å². The number of aromatic nitrogens is 3. The lowest BCUT2D eigenvalue weighted by Crippen LogP contribution is -2.17. The zero-order valence-corrected chi connectivity index (χ0v) is 59.4. The summed E-state index contributed by atoms with van der Waals surface area (Å²) in [5.74, 6) is 10.2. The van der Waals surface area contributed by atoms with Crippen LogP contribution >= 0.6 is 11.6 Å². The summed E-state index contributed by atoms with van der Waals surface area (Å²) < 4.78 is 46.9. The minimum absolute atomic E-state index is 0.151. The van der Waals surface area contributed by atoms with Crippen LogP contribution in [0.25, 0.3) is 0 Å². The Kier molecular flexibility index (Phi) is 38.3. The number of hydrogen-bond acceptors (Lipinski definition) is 9. The van der Waals surface area contributed by atoms with Crippen LogP contribution in [0, 0.1) is 40.8 Å². The van der Waals surface area contributed by atoms with Gasteiger partial charge in [0.05, 0.1) is 44.7 Å². The van der Waals surface area contributed by atoms with Crippen LogP contribution in [-0.2, 0) is 0 Å². The van der Waals surface area contributed by atoms with Gasteiger partial charge in [-0.1, -0.05) is 215 Å². The summed E-state index contributed by atoms with van der Waals surface area (Å²) >= 11 is 6.06. The fraction of sp³-hybridized carbons (Fsp3) is 0.566. The number of nitrogens with zero attached hydrogens (tertiary/aromatic N) is 3. The molecule has 0 saturated carbocycles. The first-order valence-corrected chi connectivity index (χ1v) is 32.4. The first-order chi connectivity index (χ1) is 40.7. The van der Waals surface area contributed by atoms with Gasteiger partial charge >= 0.3 is 0 Å². The highest BCUT2D eigenvalue weighted by atomic mass is 35.5. The summed E-state index contributed by atoms with van der Waals surface area (Å²) in [6.45, 7) is 57.7. The third-order valence-corrected chi connectivity index (χ3v) is 12.8. The average Bonchev–Trinajstić information content (AvgIpc) is 3.67. The maximum Gasteiger partial charge on any atom is 0.213 e. The van der Waals surface area contributed by atoms with E-state index in [9.17, 15) is 4.39 Å². The van der Waals surface area contributed by atoms with Crippen molar-refractivity contribution in [2.45, 2.75) is 209 Å². The predicted molar refractivity (Wildman–Crippen MR) is 368 cm³/mol. The van der Waals surface area contributed by atoms with E-state index in [0.29, 0.717) is 89.9 Å². The van der Waals surface area contributed by atoms with Gasteiger partial charge < -0.3 is 28.4 Å². The minimum atomic E-state index is -0.151. The second kappa shape index (κ2) is 42.1. The predicted octanol–water partition coefficient (Wildman–Crippen LogP) is 22.4. The van der Waals surface area contributed by atoms with E-state index < -0.39 is 0 Å². The Morgan fingerprint density at radius 1 is 0.391 bits per heavy atom. The van der Waals surface area contributed by atoms with Gasteiger partial charge in [-0.05, 0) is 147 Å². The Hall–Kier alpha value is -5.87. The molecule has 0 spiro atoms. The highest BCUT2D eigenvalue weighted by Gasteiger charge is 2.13. The maximum atomic E-state index is 13.4. The van der Waals surface area contributed by atoms with Gasteiger partial charge in [-0.2, -0.15) is 0 Å². The Morgan fingerprint density at radius 2 is 0.816 bits per heavy atom. The number of benzene rings is 3. The molecule has 3 heterocycles. The van der Waals surface area contributed by atoms with Gasteiger partial charge in [-0.25, -0.2) is 14.4 Å². The van der Waals surface area contributed by atoms with Crippen LogP contribution in [0.4, 0.5) is 4.39 Å². The van der Waals surface area contributed by atoms with Crippen molar-refractivity contribution >= 4 is 11.6 Å². The van der Waals surface area contributed by atoms with E-state index in [4.69, 9.17) is 40.0 Å². The zero-order chi connectivity index (χ0) is 66.0. The summed E-state index contributed by atoms with van der Waals surface area (Å²) in [6, 6.07) is 31.3. The van der Waals surface area contributed by atoms with Gasteiger partial charge in [0.15, 0.2) is 0 Å². The molecule has 0 aliphatic carbocycles. The molecule has 0 atom stereocenters. The number of ether oxygens (including phenoxy) is 6. The summed E-state index contributed by atoms with van der Waals surface area (Å²) in [7, 11) is 0. The first kappa shape index (κ1) is 79.1. The largest absolute Gasteiger partial charge is 0.493 e. The van der Waals surface area contributed by atoms with Crippen LogP contribution in [-0.4, -0.2) is 54.6 Å². The van der Waals surface area contributed by atoms with Crippen LogP contribution in [0.5, 0.6) is 34.8 Å². The number of hydrogen-bond donors (Lipinski definition) is 0. The lowest BCUT2D eigenvalue weighted by atomic mass is 9.99. The van der Waals surface area contributed by atoms with Crippen molar-refractivity contribution in [3.8, 4) is 34.8 Å². The molecular formula is C76H117ClFN3O6. The van der Waals surface area contributed by atoms with Crippen molar-refractivity contribution < 1.29 is 32.8 Å². The molecule has 0 saturated heterocycles. The molecule has 6 aromatic rings. The van der Waals surface area contributed by atoms with Gasteiger partial charge in [0.2, 0.25) is 11.8 Å². The standard InChI is InChI=1S/C13H19ClO.C13H19FO.C13H21NO.C13H20O.2C12H19NO/c1-9(2)8-15-13-7-11(10(3)4)5-6-12(13)14;1-9(2)8-15-11-5-6-13(14)12(7-11)10(3)4;1-10(2)11-6-7-12(14-8-11)15-9-13(3,4)5;1-10(2)9-14-13-7-5-6-12(8-13)11(3)4;1-9(2)8-14-11-5-6-13-12(7-11)10(3)4;1-9(2)8-14-12-6-5-11(7-13-12)10(3)4/h2*5-7,9-10H,8H2,1-4H3;6-8,10H,9H2,1-5H3;5-8,10-11H,9H2,1-4H3;2*5-7,9-10H,8H2,1-4H3. The van der Waals surface area contributed by atoms with Gasteiger partial charge in [0.1, 0.15) is 28.8 Å².